The van der Waals surface area contributed by atoms with E-state index in [9.17, 15) is 15.0 Å². The highest BCUT2D eigenvalue weighted by Crippen LogP contribution is 2.67. The van der Waals surface area contributed by atoms with Gasteiger partial charge in [-0.2, -0.15) is 0 Å². The molecule has 6 heteroatoms. The summed E-state index contributed by atoms with van der Waals surface area (Å²) in [6.45, 7) is 18.1. The summed E-state index contributed by atoms with van der Waals surface area (Å²) in [4.78, 5) is 45.0. The molecule has 2 aliphatic carbocycles. The summed E-state index contributed by atoms with van der Waals surface area (Å²) in [6.07, 6.45) is 11.1. The van der Waals surface area contributed by atoms with E-state index in [-0.39, 0.29) is 46.8 Å². The fourth-order valence-corrected chi connectivity index (χ4v) is 7.53. The van der Waals surface area contributed by atoms with Crippen molar-refractivity contribution in [3.8, 4) is 11.5 Å². The van der Waals surface area contributed by atoms with E-state index in [1.807, 2.05) is 67.5 Å². The first kappa shape index (κ1) is 33.2. The smallest absolute Gasteiger partial charge is 0.204 e. The zero-order valence-corrected chi connectivity index (χ0v) is 27.8. The zero-order chi connectivity index (χ0) is 32.8. The van der Waals surface area contributed by atoms with Gasteiger partial charge < -0.3 is 14.6 Å². The number of aromatic hydroxyl groups is 2. The van der Waals surface area contributed by atoms with E-state index in [1.54, 1.807) is 0 Å². The van der Waals surface area contributed by atoms with Gasteiger partial charge in [-0.1, -0.05) is 53.5 Å². The molecule has 2 aromatic rings. The van der Waals surface area contributed by atoms with Crippen molar-refractivity contribution in [2.45, 2.75) is 106 Å². The van der Waals surface area contributed by atoms with Crippen molar-refractivity contribution in [1.82, 2.24) is 0 Å². The molecule has 4 rings (SSSR count). The third kappa shape index (κ3) is 5.20. The Labute approximate surface area is 261 Å². The van der Waals surface area contributed by atoms with Gasteiger partial charge in [-0.3, -0.25) is 14.4 Å². The Morgan fingerprint density at radius 1 is 0.864 bits per heavy atom. The van der Waals surface area contributed by atoms with Crippen LogP contribution in [0, 0.1) is 16.7 Å². The minimum atomic E-state index is -1.50. The number of carbonyl (C=O) groups is 2. The van der Waals surface area contributed by atoms with Gasteiger partial charge in [0.25, 0.3) is 0 Å². The largest absolute Gasteiger partial charge is 0.504 e. The van der Waals surface area contributed by atoms with Crippen LogP contribution in [0.1, 0.15) is 117 Å². The standard InChI is InChI=1S/C38H48O6/c1-22(2)11-10-18-36(9)26(13-12-23(3)4)21-37(19-16-24(5)6)34-29(33(42)38(36,35(37)43)20-17-25(7)8)30(40)27-14-15-28(39)31(41)32(27)44-34/h11-12,14-17,26,39,41H,10,13,18-21H2,1-9H3/t26-,36+,37-,38+/m0/s1. The highest BCUT2D eigenvalue weighted by atomic mass is 16.4. The molecule has 6 nitrogen and oxygen atoms in total. The van der Waals surface area contributed by atoms with Gasteiger partial charge in [0.05, 0.1) is 10.8 Å². The minimum Gasteiger partial charge on any atom is -0.504 e. The molecule has 236 valence electrons. The number of rotatable bonds is 9. The van der Waals surface area contributed by atoms with Crippen LogP contribution in [0.2, 0.25) is 0 Å². The van der Waals surface area contributed by atoms with Crippen LogP contribution >= 0.6 is 0 Å². The van der Waals surface area contributed by atoms with Gasteiger partial charge in [-0.05, 0) is 117 Å². The lowest BCUT2D eigenvalue weighted by molar-refractivity contribution is -0.154. The van der Waals surface area contributed by atoms with Gasteiger partial charge in [-0.25, -0.2) is 0 Å². The van der Waals surface area contributed by atoms with Crippen molar-refractivity contribution in [3.63, 3.8) is 0 Å². The first-order chi connectivity index (χ1) is 20.5. The predicted octanol–water partition coefficient (Wildman–Crippen LogP) is 9.04. The lowest BCUT2D eigenvalue weighted by Crippen LogP contribution is -2.69. The van der Waals surface area contributed by atoms with Crippen molar-refractivity contribution in [3.05, 3.63) is 80.3 Å². The van der Waals surface area contributed by atoms with Gasteiger partial charge in [0.2, 0.25) is 11.2 Å². The number of phenols is 2. The average molecular weight is 601 g/mol. The molecular weight excluding hydrogens is 552 g/mol. The Balaban J connectivity index is 2.21. The van der Waals surface area contributed by atoms with Crippen LogP contribution in [-0.4, -0.2) is 21.8 Å². The fraction of sp³-hybridized carbons (Fsp3) is 0.500. The predicted molar refractivity (Wildman–Crippen MR) is 176 cm³/mol. The summed E-state index contributed by atoms with van der Waals surface area (Å²) in [5.41, 5.74) is -0.141. The SMILES string of the molecule is CC(C)=CCC[C@]1(C)[C@@H](CC=C(C)C)C[C@]2(CC=C(C)C)C(=O)[C@@]1(CC=C(C)C)C(=O)c1c2oc2c(O)c(O)ccc2c1=O. The van der Waals surface area contributed by atoms with Crippen LogP contribution in [0.3, 0.4) is 0 Å². The second-order valence-corrected chi connectivity index (χ2v) is 14.2. The topological polar surface area (TPSA) is 105 Å². The first-order valence-corrected chi connectivity index (χ1v) is 15.7. The number of hydrogen-bond donors (Lipinski definition) is 2. The molecule has 1 heterocycles. The third-order valence-corrected chi connectivity index (χ3v) is 10.1. The van der Waals surface area contributed by atoms with Crippen LogP contribution in [0.4, 0.5) is 0 Å². The monoisotopic (exact) mass is 600 g/mol. The third-order valence-electron chi connectivity index (χ3n) is 10.1. The Bertz CT molecular complexity index is 1680. The Morgan fingerprint density at radius 2 is 1.45 bits per heavy atom. The number of fused-ring (bicyclic) bond motifs is 5. The van der Waals surface area contributed by atoms with Crippen LogP contribution < -0.4 is 5.43 Å². The molecule has 1 aromatic carbocycles. The Kier molecular flexibility index (Phi) is 9.08. The molecular formula is C38H48O6. The number of phenolic OH excluding ortho intramolecular Hbond substituents is 2. The summed E-state index contributed by atoms with van der Waals surface area (Å²) in [5.74, 6) is -1.80. The van der Waals surface area contributed by atoms with Gasteiger partial charge in [0.15, 0.2) is 22.9 Å². The molecule has 2 aliphatic rings. The molecule has 0 saturated heterocycles. The molecule has 44 heavy (non-hydrogen) atoms. The summed E-state index contributed by atoms with van der Waals surface area (Å²) in [7, 11) is 0. The highest BCUT2D eigenvalue weighted by molar-refractivity contribution is 6.23. The molecule has 0 unspecified atom stereocenters. The quantitative estimate of drug-likeness (QED) is 0.169. The number of Topliss-reactive ketones (excluding diaryl/α,β-unsaturated/α-hetero) is 2. The van der Waals surface area contributed by atoms with Crippen molar-refractivity contribution >= 4 is 22.5 Å². The van der Waals surface area contributed by atoms with Crippen LogP contribution in [0.15, 0.2) is 67.9 Å². The van der Waals surface area contributed by atoms with Gasteiger partial charge in [0.1, 0.15) is 16.7 Å². The number of benzene rings is 1. The van der Waals surface area contributed by atoms with Crippen molar-refractivity contribution in [1.29, 1.82) is 0 Å². The van der Waals surface area contributed by atoms with E-state index in [1.165, 1.54) is 17.7 Å². The number of allylic oxidation sites excluding steroid dienone is 8. The molecule has 4 atom stereocenters. The molecule has 0 radical (unpaired) electrons. The summed E-state index contributed by atoms with van der Waals surface area (Å²) >= 11 is 0. The number of carbonyl (C=O) groups excluding carboxylic acids is 2. The molecule has 2 N–H and O–H groups in total. The number of hydrogen-bond acceptors (Lipinski definition) is 6. The van der Waals surface area contributed by atoms with Crippen molar-refractivity contribution < 1.29 is 24.2 Å². The molecule has 1 aromatic heterocycles. The first-order valence-electron chi connectivity index (χ1n) is 15.7. The second kappa shape index (κ2) is 12.0. The highest BCUT2D eigenvalue weighted by Gasteiger charge is 2.73. The normalized spacial score (nSPS) is 25.7. The van der Waals surface area contributed by atoms with E-state index >= 15 is 9.59 Å². The van der Waals surface area contributed by atoms with Crippen molar-refractivity contribution in [2.24, 2.45) is 16.7 Å². The van der Waals surface area contributed by atoms with E-state index < -0.39 is 39.0 Å². The summed E-state index contributed by atoms with van der Waals surface area (Å²) < 4.78 is 6.34. The lowest BCUT2D eigenvalue weighted by Gasteiger charge is -2.61. The van der Waals surface area contributed by atoms with E-state index in [0.717, 1.165) is 16.7 Å². The molecule has 0 amide bonds. The van der Waals surface area contributed by atoms with E-state index in [4.69, 9.17) is 4.42 Å². The molecule has 0 spiro atoms. The molecule has 0 aliphatic heterocycles. The fourth-order valence-electron chi connectivity index (χ4n) is 7.53. The minimum absolute atomic E-state index is 0.00175. The number of ketones is 2. The van der Waals surface area contributed by atoms with Crippen LogP contribution in [0.5, 0.6) is 11.5 Å². The molecule has 2 bridgehead atoms. The maximum atomic E-state index is 15.5. The lowest BCUT2D eigenvalue weighted by atomic mass is 9.38. The maximum Gasteiger partial charge on any atom is 0.204 e. The Hall–Kier alpha value is -3.67. The van der Waals surface area contributed by atoms with E-state index in [2.05, 4.69) is 19.1 Å². The Morgan fingerprint density at radius 3 is 2.05 bits per heavy atom. The van der Waals surface area contributed by atoms with Crippen LogP contribution in [-0.2, 0) is 10.2 Å². The zero-order valence-electron chi connectivity index (χ0n) is 27.8. The van der Waals surface area contributed by atoms with Gasteiger partial charge in [0, 0.05) is 0 Å². The van der Waals surface area contributed by atoms with E-state index in [0.29, 0.717) is 25.7 Å². The molecule has 1 saturated carbocycles. The summed E-state index contributed by atoms with van der Waals surface area (Å²) in [6, 6.07) is 2.59. The van der Waals surface area contributed by atoms with Gasteiger partial charge >= 0.3 is 0 Å². The summed E-state index contributed by atoms with van der Waals surface area (Å²) in [5, 5.41) is 21.1. The average Bonchev–Trinajstić information content (AvgIpc) is 2.93. The van der Waals surface area contributed by atoms with Crippen molar-refractivity contribution in [2.75, 3.05) is 0 Å². The maximum absolute atomic E-state index is 15.5. The second-order valence-electron chi connectivity index (χ2n) is 14.2. The van der Waals surface area contributed by atoms with Gasteiger partial charge in [-0.15, -0.1) is 0 Å². The molecule has 1 fully saturated rings. The van der Waals surface area contributed by atoms with Crippen LogP contribution in [0.25, 0.3) is 11.0 Å².